The molecule has 4 amide bonds. The number of thiazole rings is 1. The summed E-state index contributed by atoms with van der Waals surface area (Å²) in [5.74, 6) is -0.261. The molecule has 1 aromatic carbocycles. The van der Waals surface area contributed by atoms with Gasteiger partial charge in [-0.05, 0) is 24.8 Å². The lowest BCUT2D eigenvalue weighted by molar-refractivity contribution is -0.131. The number of imide groups is 1. The molecule has 5 rings (SSSR count). The van der Waals surface area contributed by atoms with E-state index >= 15 is 0 Å². The van der Waals surface area contributed by atoms with Gasteiger partial charge in [0.2, 0.25) is 5.91 Å². The van der Waals surface area contributed by atoms with E-state index in [9.17, 15) is 14.4 Å². The van der Waals surface area contributed by atoms with Crippen molar-refractivity contribution in [2.45, 2.75) is 63.6 Å². The zero-order valence-corrected chi connectivity index (χ0v) is 19.5. The number of hydrogen-bond acceptors (Lipinski definition) is 6. The fourth-order valence-electron chi connectivity index (χ4n) is 5.05. The molecule has 3 aliphatic rings. The Bertz CT molecular complexity index is 1050. The van der Waals surface area contributed by atoms with Crippen molar-refractivity contribution in [2.24, 2.45) is 0 Å². The molecule has 3 heterocycles. The predicted molar refractivity (Wildman–Crippen MR) is 126 cm³/mol. The highest BCUT2D eigenvalue weighted by molar-refractivity contribution is 7.15. The van der Waals surface area contributed by atoms with E-state index in [2.05, 4.69) is 44.8 Å². The third kappa shape index (κ3) is 4.65. The third-order valence-electron chi connectivity index (χ3n) is 6.79. The van der Waals surface area contributed by atoms with Gasteiger partial charge in [0.15, 0.2) is 5.13 Å². The molecule has 2 aromatic rings. The van der Waals surface area contributed by atoms with E-state index in [1.165, 1.54) is 26.7 Å². The molecule has 0 atom stereocenters. The average molecular weight is 468 g/mol. The number of aromatic nitrogens is 1. The number of amides is 4. The Morgan fingerprint density at radius 1 is 1.18 bits per heavy atom. The van der Waals surface area contributed by atoms with Gasteiger partial charge in [-0.15, -0.1) is 11.3 Å². The lowest BCUT2D eigenvalue weighted by atomic mass is 9.98. The Hall–Kier alpha value is -2.78. The summed E-state index contributed by atoms with van der Waals surface area (Å²) in [6.07, 6.45) is 4.92. The number of hydrogen-bond donors (Lipinski definition) is 2. The lowest BCUT2D eigenvalue weighted by Gasteiger charge is -2.25. The molecule has 2 aliphatic heterocycles. The number of carbonyl (C=O) groups excluding carboxylic acids is 3. The maximum absolute atomic E-state index is 12.7. The maximum atomic E-state index is 12.7. The molecule has 9 heteroatoms. The monoisotopic (exact) mass is 467 g/mol. The highest BCUT2D eigenvalue weighted by Gasteiger charge is 2.52. The highest BCUT2D eigenvalue weighted by atomic mass is 32.1. The van der Waals surface area contributed by atoms with Crippen molar-refractivity contribution in [1.29, 1.82) is 0 Å². The first-order valence-corrected chi connectivity index (χ1v) is 12.5. The molecular weight excluding hydrogens is 438 g/mol. The maximum Gasteiger partial charge on any atom is 0.325 e. The SMILES string of the molecule is O=C(CCCN1C(=O)NC2(CCCC2)C1=O)Nc1nc2c(s1)CN(Cc1ccccc1)CC2. The van der Waals surface area contributed by atoms with Crippen LogP contribution in [0.5, 0.6) is 0 Å². The number of nitrogens with zero attached hydrogens (tertiary/aromatic N) is 3. The van der Waals surface area contributed by atoms with Gasteiger partial charge in [-0.1, -0.05) is 43.2 Å². The van der Waals surface area contributed by atoms with Gasteiger partial charge in [-0.3, -0.25) is 19.4 Å². The number of anilines is 1. The van der Waals surface area contributed by atoms with Crippen LogP contribution in [0.1, 0.15) is 54.7 Å². The van der Waals surface area contributed by atoms with E-state index in [0.717, 1.165) is 44.6 Å². The van der Waals surface area contributed by atoms with Gasteiger partial charge in [0.1, 0.15) is 5.54 Å². The lowest BCUT2D eigenvalue weighted by Crippen LogP contribution is -2.44. The number of nitrogens with one attached hydrogen (secondary N) is 2. The minimum atomic E-state index is -0.687. The molecule has 1 aromatic heterocycles. The van der Waals surface area contributed by atoms with Gasteiger partial charge in [-0.25, -0.2) is 9.78 Å². The summed E-state index contributed by atoms with van der Waals surface area (Å²) >= 11 is 1.54. The van der Waals surface area contributed by atoms with Crippen molar-refractivity contribution >= 4 is 34.3 Å². The molecule has 1 aliphatic carbocycles. The second kappa shape index (κ2) is 9.23. The first-order chi connectivity index (χ1) is 16.0. The number of benzene rings is 1. The van der Waals surface area contributed by atoms with Crippen LogP contribution >= 0.6 is 11.3 Å². The number of urea groups is 1. The Morgan fingerprint density at radius 3 is 2.76 bits per heavy atom. The number of rotatable bonds is 7. The molecule has 1 saturated carbocycles. The zero-order valence-electron chi connectivity index (χ0n) is 18.6. The Labute approximate surface area is 197 Å². The van der Waals surface area contributed by atoms with Gasteiger partial charge in [0.25, 0.3) is 5.91 Å². The van der Waals surface area contributed by atoms with Crippen LogP contribution in [0.2, 0.25) is 0 Å². The first-order valence-electron chi connectivity index (χ1n) is 11.7. The minimum absolute atomic E-state index is 0.127. The van der Waals surface area contributed by atoms with E-state index in [0.29, 0.717) is 24.4 Å². The first kappa shape index (κ1) is 22.0. The van der Waals surface area contributed by atoms with Crippen LogP contribution in [0.3, 0.4) is 0 Å². The fourth-order valence-corrected chi connectivity index (χ4v) is 6.12. The summed E-state index contributed by atoms with van der Waals surface area (Å²) in [5.41, 5.74) is 1.68. The Balaban J connectivity index is 1.10. The summed E-state index contributed by atoms with van der Waals surface area (Å²) in [5, 5.41) is 6.42. The quantitative estimate of drug-likeness (QED) is 0.610. The minimum Gasteiger partial charge on any atom is -0.323 e. The van der Waals surface area contributed by atoms with E-state index in [4.69, 9.17) is 0 Å². The summed E-state index contributed by atoms with van der Waals surface area (Å²) in [6.45, 7) is 2.96. The summed E-state index contributed by atoms with van der Waals surface area (Å²) in [6, 6.07) is 10.1. The second-order valence-corrected chi connectivity index (χ2v) is 10.2. The van der Waals surface area contributed by atoms with E-state index in [1.807, 2.05) is 6.07 Å². The van der Waals surface area contributed by atoms with Crippen molar-refractivity contribution < 1.29 is 14.4 Å². The van der Waals surface area contributed by atoms with Crippen molar-refractivity contribution in [1.82, 2.24) is 20.1 Å². The molecular formula is C24H29N5O3S. The summed E-state index contributed by atoms with van der Waals surface area (Å²) < 4.78 is 0. The smallest absolute Gasteiger partial charge is 0.323 e. The number of carbonyl (C=O) groups is 3. The molecule has 0 unspecified atom stereocenters. The molecule has 174 valence electrons. The Kier molecular flexibility index (Phi) is 6.16. The molecule has 2 N–H and O–H groups in total. The highest BCUT2D eigenvalue weighted by Crippen LogP contribution is 2.35. The second-order valence-electron chi connectivity index (χ2n) is 9.16. The van der Waals surface area contributed by atoms with Crippen molar-refractivity contribution in [3.05, 3.63) is 46.5 Å². The van der Waals surface area contributed by atoms with Crippen LogP contribution < -0.4 is 10.6 Å². The van der Waals surface area contributed by atoms with Gasteiger partial charge in [-0.2, -0.15) is 0 Å². The van der Waals surface area contributed by atoms with Crippen LogP contribution in [0.15, 0.2) is 30.3 Å². The van der Waals surface area contributed by atoms with Crippen LogP contribution in [0.4, 0.5) is 9.93 Å². The third-order valence-corrected chi connectivity index (χ3v) is 7.79. The number of fused-ring (bicyclic) bond motifs is 1. The summed E-state index contributed by atoms with van der Waals surface area (Å²) in [4.78, 5) is 46.9. The van der Waals surface area contributed by atoms with Crippen molar-refractivity contribution in [2.75, 3.05) is 18.4 Å². The predicted octanol–water partition coefficient (Wildman–Crippen LogP) is 3.28. The van der Waals surface area contributed by atoms with Crippen LogP contribution in [0, 0.1) is 0 Å². The van der Waals surface area contributed by atoms with Gasteiger partial charge < -0.3 is 10.6 Å². The van der Waals surface area contributed by atoms with Crippen LogP contribution in [0.25, 0.3) is 0 Å². The molecule has 0 radical (unpaired) electrons. The van der Waals surface area contributed by atoms with Crippen molar-refractivity contribution in [3.63, 3.8) is 0 Å². The van der Waals surface area contributed by atoms with Gasteiger partial charge in [0, 0.05) is 43.9 Å². The van der Waals surface area contributed by atoms with Crippen LogP contribution in [-0.2, 0) is 29.1 Å². The molecule has 0 bridgehead atoms. The van der Waals surface area contributed by atoms with Gasteiger partial charge >= 0.3 is 6.03 Å². The van der Waals surface area contributed by atoms with Crippen LogP contribution in [-0.4, -0.2) is 51.3 Å². The normalized spacial score (nSPS) is 19.7. The van der Waals surface area contributed by atoms with E-state index < -0.39 is 5.54 Å². The topological polar surface area (TPSA) is 94.6 Å². The molecule has 33 heavy (non-hydrogen) atoms. The van der Waals surface area contributed by atoms with Crippen molar-refractivity contribution in [3.8, 4) is 0 Å². The molecule has 2 fully saturated rings. The standard InChI is InChI=1S/C24H29N5O3S/c30-20(9-6-13-29-21(31)24(27-23(29)32)11-4-5-12-24)26-22-25-18-10-14-28(16-19(18)33-22)15-17-7-2-1-3-8-17/h1-3,7-8H,4-6,9-16H2,(H,27,32)(H,25,26,30). The molecule has 1 saturated heterocycles. The largest absolute Gasteiger partial charge is 0.325 e. The zero-order chi connectivity index (χ0) is 22.8. The average Bonchev–Trinajstić information content (AvgIpc) is 3.49. The fraction of sp³-hybridized carbons (Fsp3) is 0.500. The van der Waals surface area contributed by atoms with Gasteiger partial charge in [0.05, 0.1) is 5.69 Å². The summed E-state index contributed by atoms with van der Waals surface area (Å²) in [7, 11) is 0. The Morgan fingerprint density at radius 2 is 1.97 bits per heavy atom. The van der Waals surface area contributed by atoms with E-state index in [-0.39, 0.29) is 30.8 Å². The molecule has 8 nitrogen and oxygen atoms in total. The van der Waals surface area contributed by atoms with E-state index in [1.54, 1.807) is 0 Å². The molecule has 1 spiro atoms.